The summed E-state index contributed by atoms with van der Waals surface area (Å²) in [6, 6.07) is 5.26. The van der Waals surface area contributed by atoms with Gasteiger partial charge in [0, 0.05) is 43.3 Å². The second kappa shape index (κ2) is 15.8. The molecule has 0 radical (unpaired) electrons. The molecule has 0 saturated heterocycles. The lowest BCUT2D eigenvalue weighted by atomic mass is 9.80. The lowest BCUT2D eigenvalue weighted by Gasteiger charge is -2.35. The summed E-state index contributed by atoms with van der Waals surface area (Å²) in [5.74, 6) is -0.293. The maximum atomic E-state index is 13.6. The second-order valence-corrected chi connectivity index (χ2v) is 12.2. The first-order valence-corrected chi connectivity index (χ1v) is 15.5. The van der Waals surface area contributed by atoms with Crippen molar-refractivity contribution < 1.29 is 36.2 Å². The molecule has 0 spiro atoms. The average Bonchev–Trinajstić information content (AvgIpc) is 3.41. The van der Waals surface area contributed by atoms with Gasteiger partial charge in [0.1, 0.15) is 0 Å². The molecule has 1 aromatic heterocycles. The molecule has 0 aliphatic heterocycles. The summed E-state index contributed by atoms with van der Waals surface area (Å²) in [6.45, 7) is 4.93. The highest BCUT2D eigenvalue weighted by molar-refractivity contribution is 6.31. The first kappa shape index (κ1) is 38.2. The van der Waals surface area contributed by atoms with Gasteiger partial charge >= 0.3 is 18.3 Å². The van der Waals surface area contributed by atoms with Crippen LogP contribution in [0.15, 0.2) is 30.3 Å². The SMILES string of the molecule is CCc1cc(N(CC)CC2CCC(CC(=O)O)CC2)c(CN(Cc2cc(C(F)(F)F)cc(C(F)(F)F)c2)c2nnn(C)n2)cc1Cl.Cl. The smallest absolute Gasteiger partial charge is 0.416 e. The molecule has 3 aromatic rings. The van der Waals surface area contributed by atoms with Crippen molar-refractivity contribution in [2.45, 2.75) is 77.8 Å². The molecule has 1 fully saturated rings. The number of rotatable bonds is 12. The van der Waals surface area contributed by atoms with E-state index in [9.17, 15) is 36.2 Å². The third kappa shape index (κ3) is 10.1. The van der Waals surface area contributed by atoms with Crippen molar-refractivity contribution in [1.82, 2.24) is 20.2 Å². The van der Waals surface area contributed by atoms with E-state index in [1.165, 1.54) is 11.9 Å². The zero-order chi connectivity index (χ0) is 33.8. The molecule has 2 aromatic carbocycles. The fourth-order valence-corrected chi connectivity index (χ4v) is 6.37. The predicted molar refractivity (Wildman–Crippen MR) is 169 cm³/mol. The molecule has 1 N–H and O–H groups in total. The Morgan fingerprint density at radius 1 is 0.915 bits per heavy atom. The van der Waals surface area contributed by atoms with Crippen LogP contribution in [-0.2, 0) is 43.7 Å². The number of tetrazole rings is 1. The van der Waals surface area contributed by atoms with Gasteiger partial charge in [-0.15, -0.1) is 17.5 Å². The summed E-state index contributed by atoms with van der Waals surface area (Å²) in [4.78, 5) is 16.0. The number of carbonyl (C=O) groups is 1. The van der Waals surface area contributed by atoms with E-state index in [0.29, 0.717) is 48.1 Å². The van der Waals surface area contributed by atoms with Crippen molar-refractivity contribution >= 4 is 41.6 Å². The van der Waals surface area contributed by atoms with Gasteiger partial charge in [0.25, 0.3) is 5.95 Å². The summed E-state index contributed by atoms with van der Waals surface area (Å²) in [5, 5.41) is 21.7. The highest BCUT2D eigenvalue weighted by Crippen LogP contribution is 2.38. The minimum Gasteiger partial charge on any atom is -0.481 e. The summed E-state index contributed by atoms with van der Waals surface area (Å²) in [7, 11) is 1.50. The highest BCUT2D eigenvalue weighted by Gasteiger charge is 2.37. The number of carboxylic acid groups (broad SMARTS) is 1. The number of nitrogens with zero attached hydrogens (tertiary/aromatic N) is 6. The van der Waals surface area contributed by atoms with Crippen LogP contribution in [0.2, 0.25) is 5.02 Å². The Balaban J connectivity index is 0.00000600. The van der Waals surface area contributed by atoms with Gasteiger partial charge in [-0.05, 0) is 103 Å². The number of hydrogen-bond acceptors (Lipinski definition) is 6. The zero-order valence-electron chi connectivity index (χ0n) is 26.2. The Kier molecular flexibility index (Phi) is 12.8. The number of alkyl halides is 6. The first-order chi connectivity index (χ1) is 21.6. The van der Waals surface area contributed by atoms with Gasteiger partial charge in [0.15, 0.2) is 0 Å². The van der Waals surface area contributed by atoms with Crippen molar-refractivity contribution in [1.29, 1.82) is 0 Å². The number of carboxylic acids is 1. The van der Waals surface area contributed by atoms with E-state index < -0.39 is 29.4 Å². The number of hydrogen-bond donors (Lipinski definition) is 1. The molecular weight excluding hydrogens is 673 g/mol. The molecule has 0 bridgehead atoms. The molecule has 260 valence electrons. The lowest BCUT2D eigenvalue weighted by molar-refractivity contribution is -0.143. The average molecular weight is 712 g/mol. The normalized spacial score (nSPS) is 16.9. The van der Waals surface area contributed by atoms with Crippen LogP contribution in [0.1, 0.15) is 73.8 Å². The molecule has 1 heterocycles. The van der Waals surface area contributed by atoms with E-state index in [4.69, 9.17) is 11.6 Å². The Hall–Kier alpha value is -3.26. The molecule has 0 atom stereocenters. The maximum absolute atomic E-state index is 13.6. The number of benzene rings is 2. The molecular formula is C31H38Cl2F6N6O2. The highest BCUT2D eigenvalue weighted by atomic mass is 35.5. The number of anilines is 2. The lowest BCUT2D eigenvalue weighted by Crippen LogP contribution is -2.33. The van der Waals surface area contributed by atoms with Gasteiger partial charge in [-0.25, -0.2) is 0 Å². The van der Waals surface area contributed by atoms with Crippen LogP contribution in [0.4, 0.5) is 38.0 Å². The quantitative estimate of drug-likeness (QED) is 0.190. The third-order valence-electron chi connectivity index (χ3n) is 8.42. The number of aliphatic carboxylic acids is 1. The first-order valence-electron chi connectivity index (χ1n) is 15.1. The van der Waals surface area contributed by atoms with Crippen LogP contribution < -0.4 is 9.80 Å². The van der Waals surface area contributed by atoms with Crippen LogP contribution in [0, 0.1) is 11.8 Å². The summed E-state index contributed by atoms with van der Waals surface area (Å²) >= 11 is 6.65. The van der Waals surface area contributed by atoms with Crippen LogP contribution in [-0.4, -0.2) is 44.4 Å². The molecule has 8 nitrogen and oxygen atoms in total. The monoisotopic (exact) mass is 710 g/mol. The van der Waals surface area contributed by atoms with Gasteiger partial charge in [-0.2, -0.15) is 31.1 Å². The molecule has 0 amide bonds. The molecule has 1 aliphatic rings. The predicted octanol–water partition coefficient (Wildman–Crippen LogP) is 8.20. The molecule has 1 saturated carbocycles. The van der Waals surface area contributed by atoms with E-state index >= 15 is 0 Å². The molecule has 0 unspecified atom stereocenters. The van der Waals surface area contributed by atoms with E-state index in [-0.39, 0.29) is 55.4 Å². The minimum atomic E-state index is -4.99. The third-order valence-corrected chi connectivity index (χ3v) is 8.77. The Morgan fingerprint density at radius 2 is 1.51 bits per heavy atom. The second-order valence-electron chi connectivity index (χ2n) is 11.8. The Labute approximate surface area is 280 Å². The fraction of sp³-hybridized carbons (Fsp3) is 0.548. The van der Waals surface area contributed by atoms with Gasteiger partial charge in [0.05, 0.1) is 18.2 Å². The van der Waals surface area contributed by atoms with Gasteiger partial charge < -0.3 is 14.9 Å². The molecule has 47 heavy (non-hydrogen) atoms. The zero-order valence-corrected chi connectivity index (χ0v) is 27.8. The fourth-order valence-electron chi connectivity index (χ4n) is 6.05. The van der Waals surface area contributed by atoms with E-state index in [1.807, 2.05) is 19.9 Å². The van der Waals surface area contributed by atoms with Crippen LogP contribution in [0.5, 0.6) is 0 Å². The number of aryl methyl sites for hydroxylation is 2. The van der Waals surface area contributed by atoms with Crippen molar-refractivity contribution in [2.24, 2.45) is 18.9 Å². The number of aromatic nitrogens is 4. The van der Waals surface area contributed by atoms with Crippen LogP contribution in [0.25, 0.3) is 0 Å². The number of halogens is 8. The summed E-state index contributed by atoms with van der Waals surface area (Å²) in [6.07, 6.45) is -5.77. The Bertz CT molecular complexity index is 1480. The van der Waals surface area contributed by atoms with Crippen molar-refractivity contribution in [2.75, 3.05) is 22.9 Å². The molecule has 16 heteroatoms. The van der Waals surface area contributed by atoms with Crippen LogP contribution >= 0.6 is 24.0 Å². The standard InChI is InChI=1S/C31H37ClF6N6O2.ClH/c1-4-22-14-27(43(5-2)16-20-8-6-19(7-9-20)12-28(45)46)23(13-26(22)32)18-44(29-39-41-42(3)40-29)17-21-10-24(30(33,34)35)15-25(11-21)31(36,37)38;/h10-11,13-15,19-20H,4-9,12,16-18H2,1-3H3,(H,45,46);1H. The summed E-state index contributed by atoms with van der Waals surface area (Å²) in [5.41, 5.74) is -0.616. The maximum Gasteiger partial charge on any atom is 0.416 e. The largest absolute Gasteiger partial charge is 0.481 e. The topological polar surface area (TPSA) is 87.4 Å². The molecule has 1 aliphatic carbocycles. The summed E-state index contributed by atoms with van der Waals surface area (Å²) < 4.78 is 81.9. The van der Waals surface area contributed by atoms with Crippen molar-refractivity contribution in [3.05, 3.63) is 63.2 Å². The Morgan fingerprint density at radius 3 is 2.00 bits per heavy atom. The van der Waals surface area contributed by atoms with Gasteiger partial charge in [0.2, 0.25) is 0 Å². The van der Waals surface area contributed by atoms with E-state index in [2.05, 4.69) is 20.3 Å². The van der Waals surface area contributed by atoms with Crippen molar-refractivity contribution in [3.63, 3.8) is 0 Å². The van der Waals surface area contributed by atoms with E-state index in [1.54, 1.807) is 6.07 Å². The minimum absolute atomic E-state index is 0. The van der Waals surface area contributed by atoms with Crippen LogP contribution in [0.3, 0.4) is 0 Å². The van der Waals surface area contributed by atoms with Gasteiger partial charge in [-0.1, -0.05) is 23.6 Å². The van der Waals surface area contributed by atoms with E-state index in [0.717, 1.165) is 41.7 Å². The van der Waals surface area contributed by atoms with Crippen molar-refractivity contribution in [3.8, 4) is 0 Å². The molecule has 4 rings (SSSR count). The van der Waals surface area contributed by atoms with Gasteiger partial charge in [-0.3, -0.25) is 4.79 Å².